The van der Waals surface area contributed by atoms with Gasteiger partial charge in [-0.1, -0.05) is 69.5 Å². The number of nitrogens with one attached hydrogen (secondary N) is 1. The second kappa shape index (κ2) is 13.5. The van der Waals surface area contributed by atoms with E-state index in [2.05, 4.69) is 22.0 Å². The second-order valence-corrected chi connectivity index (χ2v) is 8.64. The van der Waals surface area contributed by atoms with Crippen molar-refractivity contribution >= 4 is 34.2 Å². The van der Waals surface area contributed by atoms with Gasteiger partial charge in [-0.25, -0.2) is 5.10 Å². The zero-order valence-electron chi connectivity index (χ0n) is 22.9. The summed E-state index contributed by atoms with van der Waals surface area (Å²) in [6, 6.07) is 14.6. The molecule has 3 heterocycles. The minimum Gasteiger partial charge on any atom is -0.456 e. The molecule has 0 radical (unpaired) electrons. The van der Waals surface area contributed by atoms with Gasteiger partial charge in [0.2, 0.25) is 0 Å². The molecule has 3 N–H and O–H groups in total. The summed E-state index contributed by atoms with van der Waals surface area (Å²) in [5.74, 6) is 6.43. The molecule has 1 amide bonds. The van der Waals surface area contributed by atoms with Crippen molar-refractivity contribution in [3.05, 3.63) is 70.1 Å². The van der Waals surface area contributed by atoms with Gasteiger partial charge < -0.3 is 19.9 Å². The first kappa shape index (κ1) is 29.3. The number of ether oxygens (including phenoxy) is 1. The SMILES string of the molecule is CC.CC.CC#CC(=O)N1CCC(n2cc(-c3ccc(Oc4ccccc4Cl)cc3)c3c(N)n[nH]c(=O)c32)C1. The highest BCUT2D eigenvalue weighted by molar-refractivity contribution is 6.32. The van der Waals surface area contributed by atoms with Crippen LogP contribution >= 0.6 is 11.6 Å². The fourth-order valence-corrected chi connectivity index (χ4v) is 4.61. The number of hydrogen-bond donors (Lipinski definition) is 2. The molecular weight excluding hydrogens is 514 g/mol. The zero-order chi connectivity index (χ0) is 28.5. The van der Waals surface area contributed by atoms with Gasteiger partial charge in [-0.3, -0.25) is 9.59 Å². The third-order valence-electron chi connectivity index (χ3n) is 6.09. The van der Waals surface area contributed by atoms with Gasteiger partial charge in [0.15, 0.2) is 5.82 Å². The lowest BCUT2D eigenvalue weighted by Gasteiger charge is -2.15. The number of nitrogens with two attached hydrogens (primary N) is 1. The van der Waals surface area contributed by atoms with E-state index in [9.17, 15) is 9.59 Å². The molecule has 1 fully saturated rings. The molecule has 2 aromatic carbocycles. The average Bonchev–Trinajstić information content (AvgIpc) is 3.61. The monoisotopic (exact) mass is 547 g/mol. The van der Waals surface area contributed by atoms with E-state index in [0.717, 1.165) is 11.1 Å². The number of H-pyrrole nitrogens is 1. The number of aromatic nitrogens is 3. The third-order valence-corrected chi connectivity index (χ3v) is 6.40. The van der Waals surface area contributed by atoms with Crippen LogP contribution in [0.25, 0.3) is 22.0 Å². The molecule has 9 heteroatoms. The van der Waals surface area contributed by atoms with Crippen LogP contribution in [0.2, 0.25) is 5.02 Å². The Bertz CT molecular complexity index is 1550. The van der Waals surface area contributed by atoms with Gasteiger partial charge in [0.25, 0.3) is 11.5 Å². The first-order chi connectivity index (χ1) is 19.0. The molecular formula is C30H34ClN5O3. The van der Waals surface area contributed by atoms with Crippen LogP contribution in [-0.2, 0) is 4.79 Å². The van der Waals surface area contributed by atoms with E-state index < -0.39 is 0 Å². The van der Waals surface area contributed by atoms with Crippen molar-refractivity contribution in [3.8, 4) is 34.5 Å². The number of carbonyl (C=O) groups excluding carboxylic acids is 1. The van der Waals surface area contributed by atoms with E-state index in [-0.39, 0.29) is 23.3 Å². The molecule has 0 spiro atoms. The molecule has 2 aromatic heterocycles. The maximum atomic E-state index is 12.8. The Labute approximate surface area is 233 Å². The van der Waals surface area contributed by atoms with Crippen molar-refractivity contribution in [1.29, 1.82) is 0 Å². The topological polar surface area (TPSA) is 106 Å². The fraction of sp³-hybridized carbons (Fsp3) is 0.300. The van der Waals surface area contributed by atoms with Gasteiger partial charge in [-0.2, -0.15) is 5.10 Å². The molecule has 1 aliphatic heterocycles. The number of aromatic amines is 1. The third kappa shape index (κ3) is 6.27. The number of carbonyl (C=O) groups is 1. The van der Waals surface area contributed by atoms with Gasteiger partial charge in [-0.05, 0) is 49.1 Å². The number of anilines is 1. The van der Waals surface area contributed by atoms with E-state index in [0.29, 0.717) is 46.9 Å². The van der Waals surface area contributed by atoms with Crippen LogP contribution in [0.15, 0.2) is 59.5 Å². The number of para-hydroxylation sites is 1. The van der Waals surface area contributed by atoms with Gasteiger partial charge >= 0.3 is 0 Å². The lowest BCUT2D eigenvalue weighted by atomic mass is 10.1. The summed E-state index contributed by atoms with van der Waals surface area (Å²) >= 11 is 6.20. The quantitative estimate of drug-likeness (QED) is 0.293. The highest BCUT2D eigenvalue weighted by Crippen LogP contribution is 2.37. The highest BCUT2D eigenvalue weighted by Gasteiger charge is 2.29. The summed E-state index contributed by atoms with van der Waals surface area (Å²) in [5, 5.41) is 7.56. The maximum Gasteiger partial charge on any atom is 0.298 e. The summed E-state index contributed by atoms with van der Waals surface area (Å²) in [4.78, 5) is 26.8. The van der Waals surface area contributed by atoms with Crippen molar-refractivity contribution in [2.45, 2.75) is 47.1 Å². The van der Waals surface area contributed by atoms with Crippen molar-refractivity contribution in [1.82, 2.24) is 19.7 Å². The van der Waals surface area contributed by atoms with E-state index >= 15 is 0 Å². The van der Waals surface area contributed by atoms with Crippen LogP contribution in [0.3, 0.4) is 0 Å². The molecule has 4 aromatic rings. The minimum atomic E-state index is -0.336. The zero-order valence-corrected chi connectivity index (χ0v) is 23.7. The molecule has 8 nitrogen and oxygen atoms in total. The molecule has 5 rings (SSSR count). The lowest BCUT2D eigenvalue weighted by Crippen LogP contribution is -2.28. The fourth-order valence-electron chi connectivity index (χ4n) is 4.44. The highest BCUT2D eigenvalue weighted by atomic mass is 35.5. The number of nitrogens with zero attached hydrogens (tertiary/aromatic N) is 3. The van der Waals surface area contributed by atoms with Crippen LogP contribution < -0.4 is 16.0 Å². The molecule has 0 aliphatic carbocycles. The van der Waals surface area contributed by atoms with Gasteiger partial charge in [-0.15, -0.1) is 0 Å². The van der Waals surface area contributed by atoms with Crippen molar-refractivity contribution in [2.75, 3.05) is 18.8 Å². The maximum absolute atomic E-state index is 12.8. The Morgan fingerprint density at radius 1 is 1.13 bits per heavy atom. The Morgan fingerprint density at radius 3 is 2.49 bits per heavy atom. The standard InChI is InChI=1S/C26H22ClN5O3.2C2H6/c1-2-5-22(33)31-13-12-17(14-31)32-15-19(23-24(32)26(34)30-29-25(23)28)16-8-10-18(11-9-16)35-21-7-4-3-6-20(21)27;2*1-2/h3-4,6-11,15,17H,12-14H2,1H3,(H2,28,29)(H,30,34);2*1-2H3. The van der Waals surface area contributed by atoms with E-state index in [1.807, 2.05) is 74.9 Å². The first-order valence-electron chi connectivity index (χ1n) is 13.1. The predicted molar refractivity (Wildman–Crippen MR) is 158 cm³/mol. The van der Waals surface area contributed by atoms with E-state index in [1.165, 1.54) is 0 Å². The molecule has 1 aliphatic rings. The van der Waals surface area contributed by atoms with Gasteiger partial charge in [0, 0.05) is 24.8 Å². The van der Waals surface area contributed by atoms with E-state index in [1.54, 1.807) is 24.0 Å². The van der Waals surface area contributed by atoms with Gasteiger partial charge in [0.05, 0.1) is 16.5 Å². The van der Waals surface area contributed by atoms with Crippen molar-refractivity contribution in [3.63, 3.8) is 0 Å². The van der Waals surface area contributed by atoms with Crippen molar-refractivity contribution < 1.29 is 9.53 Å². The molecule has 39 heavy (non-hydrogen) atoms. The number of likely N-dealkylation sites (tertiary alicyclic amines) is 1. The molecule has 1 unspecified atom stereocenters. The Morgan fingerprint density at radius 2 is 1.82 bits per heavy atom. The average molecular weight is 548 g/mol. The lowest BCUT2D eigenvalue weighted by molar-refractivity contribution is -0.124. The van der Waals surface area contributed by atoms with E-state index in [4.69, 9.17) is 22.1 Å². The summed E-state index contributed by atoms with van der Waals surface area (Å²) < 4.78 is 7.80. The van der Waals surface area contributed by atoms with Gasteiger partial charge in [0.1, 0.15) is 17.0 Å². The van der Waals surface area contributed by atoms with Crippen LogP contribution in [0.5, 0.6) is 11.5 Å². The first-order valence-corrected chi connectivity index (χ1v) is 13.5. The number of amides is 1. The largest absolute Gasteiger partial charge is 0.456 e. The van der Waals surface area contributed by atoms with Crippen LogP contribution in [0, 0.1) is 11.8 Å². The normalized spacial score (nSPS) is 13.9. The minimum absolute atomic E-state index is 0.0837. The number of benzene rings is 2. The molecule has 0 saturated carbocycles. The van der Waals surface area contributed by atoms with Crippen molar-refractivity contribution in [2.24, 2.45) is 0 Å². The second-order valence-electron chi connectivity index (χ2n) is 8.24. The number of rotatable bonds is 4. The predicted octanol–water partition coefficient (Wildman–Crippen LogP) is 6.27. The number of hydrogen-bond acceptors (Lipinski definition) is 5. The van der Waals surface area contributed by atoms with Crippen LogP contribution in [0.1, 0.15) is 47.1 Å². The summed E-state index contributed by atoms with van der Waals surface area (Å²) in [5.41, 5.74) is 7.95. The number of halogens is 1. The molecule has 0 bridgehead atoms. The molecule has 1 atom stereocenters. The Balaban J connectivity index is 0.00000100. The van der Waals surface area contributed by atoms with Crippen LogP contribution in [-0.4, -0.2) is 38.7 Å². The molecule has 1 saturated heterocycles. The molecule has 204 valence electrons. The summed E-state index contributed by atoms with van der Waals surface area (Å²) in [7, 11) is 0. The Kier molecular flexibility index (Phi) is 10.2. The number of fused-ring (bicyclic) bond motifs is 1. The smallest absolute Gasteiger partial charge is 0.298 e. The van der Waals surface area contributed by atoms with Crippen LogP contribution in [0.4, 0.5) is 5.82 Å². The Hall–Kier alpha value is -4.22. The summed E-state index contributed by atoms with van der Waals surface area (Å²) in [6.45, 7) is 10.7. The number of nitrogen functional groups attached to an aromatic ring is 1. The summed E-state index contributed by atoms with van der Waals surface area (Å²) in [6.07, 6.45) is 2.61.